The number of aliphatic imine (C=N–C) groups is 1. The molecule has 5 heteroatoms. The van der Waals surface area contributed by atoms with Gasteiger partial charge in [0.1, 0.15) is 3.70 Å². The van der Waals surface area contributed by atoms with E-state index in [4.69, 9.17) is 4.98 Å². The van der Waals surface area contributed by atoms with Gasteiger partial charge in [-0.2, -0.15) is 5.10 Å². The molecule has 1 aliphatic carbocycles. The number of nitrogens with one attached hydrogen (secondary N) is 1. The highest BCUT2D eigenvalue weighted by Crippen LogP contribution is 2.39. The number of halogens is 1. The first kappa shape index (κ1) is 15.7. The molecule has 1 N–H and O–H groups in total. The number of benzene rings is 2. The Bertz CT molecular complexity index is 1270. The molecule has 0 amide bonds. The maximum atomic E-state index is 5.17. The second-order valence-electron chi connectivity index (χ2n) is 7.40. The number of fused-ring (bicyclic) bond motifs is 6. The van der Waals surface area contributed by atoms with Crippen molar-refractivity contribution in [2.45, 2.75) is 32.2 Å². The van der Waals surface area contributed by atoms with Gasteiger partial charge in [-0.1, -0.05) is 12.1 Å². The third-order valence-electron chi connectivity index (χ3n) is 5.85. The first-order valence-corrected chi connectivity index (χ1v) is 10.5. The summed E-state index contributed by atoms with van der Waals surface area (Å²) >= 11 is 2.36. The van der Waals surface area contributed by atoms with Crippen molar-refractivity contribution in [1.82, 2.24) is 15.2 Å². The molecule has 0 spiro atoms. The van der Waals surface area contributed by atoms with Crippen LogP contribution in [0.2, 0.25) is 0 Å². The standard InChI is InChI=1S/C22H17IN4/c23-22-20-18(26-27-22)8-7-17-19(20)15-3-1-2-4-16(15)21(25-17)12-5-6-13-10-24-11-14(13)9-12/h5-9,11H,1-4,10H2,(H,26,27). The molecule has 1 aliphatic heterocycles. The van der Waals surface area contributed by atoms with Gasteiger partial charge in [-0.3, -0.25) is 10.1 Å². The minimum atomic E-state index is 0.801. The lowest BCUT2D eigenvalue weighted by molar-refractivity contribution is 0.689. The number of hydrogen-bond donors (Lipinski definition) is 1. The Morgan fingerprint density at radius 2 is 1.78 bits per heavy atom. The van der Waals surface area contributed by atoms with Gasteiger partial charge in [-0.15, -0.1) is 0 Å². The van der Waals surface area contributed by atoms with Crippen molar-refractivity contribution in [1.29, 1.82) is 0 Å². The van der Waals surface area contributed by atoms with E-state index >= 15 is 0 Å². The van der Waals surface area contributed by atoms with Crippen LogP contribution in [0.5, 0.6) is 0 Å². The molecule has 2 aliphatic rings. The van der Waals surface area contributed by atoms with Crippen molar-refractivity contribution in [3.05, 3.63) is 56.3 Å². The molecule has 0 bridgehead atoms. The maximum absolute atomic E-state index is 5.17. The van der Waals surface area contributed by atoms with Crippen LogP contribution >= 0.6 is 22.6 Å². The van der Waals surface area contributed by atoms with E-state index in [0.717, 1.165) is 39.8 Å². The fraction of sp³-hybridized carbons (Fsp3) is 0.227. The molecule has 0 fully saturated rings. The molecule has 0 saturated carbocycles. The van der Waals surface area contributed by atoms with E-state index in [1.807, 2.05) is 6.21 Å². The normalized spacial score (nSPS) is 15.4. The molecule has 0 radical (unpaired) electrons. The van der Waals surface area contributed by atoms with Crippen molar-refractivity contribution in [3.8, 4) is 11.3 Å². The fourth-order valence-electron chi connectivity index (χ4n) is 4.58. The average Bonchev–Trinajstić information content (AvgIpc) is 3.33. The zero-order chi connectivity index (χ0) is 18.0. The first-order valence-electron chi connectivity index (χ1n) is 9.41. The molecule has 0 saturated heterocycles. The number of aromatic amines is 1. The van der Waals surface area contributed by atoms with E-state index in [1.54, 1.807) is 0 Å². The number of rotatable bonds is 1. The van der Waals surface area contributed by atoms with Gasteiger partial charge in [0.2, 0.25) is 0 Å². The van der Waals surface area contributed by atoms with Crippen LogP contribution in [0.25, 0.3) is 33.1 Å². The molecule has 27 heavy (non-hydrogen) atoms. The Hall–Kier alpha value is -2.28. The largest absolute Gasteiger partial charge is 0.288 e. The Kier molecular flexibility index (Phi) is 3.42. The summed E-state index contributed by atoms with van der Waals surface area (Å²) in [6, 6.07) is 10.9. The Balaban J connectivity index is 1.70. The van der Waals surface area contributed by atoms with Crippen molar-refractivity contribution in [3.63, 3.8) is 0 Å². The predicted molar refractivity (Wildman–Crippen MR) is 117 cm³/mol. The second kappa shape index (κ2) is 5.86. The van der Waals surface area contributed by atoms with Gasteiger partial charge in [0.05, 0.1) is 23.3 Å². The van der Waals surface area contributed by atoms with Crippen molar-refractivity contribution >= 4 is 50.6 Å². The lowest BCUT2D eigenvalue weighted by Gasteiger charge is -2.22. The average molecular weight is 464 g/mol. The summed E-state index contributed by atoms with van der Waals surface area (Å²) in [4.78, 5) is 9.57. The topological polar surface area (TPSA) is 53.9 Å². The van der Waals surface area contributed by atoms with E-state index in [0.29, 0.717) is 0 Å². The molecule has 132 valence electrons. The van der Waals surface area contributed by atoms with Gasteiger partial charge in [0.15, 0.2) is 0 Å². The van der Waals surface area contributed by atoms with Gasteiger partial charge in [-0.05, 0) is 88.7 Å². The van der Waals surface area contributed by atoms with E-state index in [9.17, 15) is 0 Å². The number of pyridine rings is 1. The van der Waals surface area contributed by atoms with Crippen LogP contribution in [0.15, 0.2) is 35.3 Å². The molecule has 4 nitrogen and oxygen atoms in total. The third-order valence-corrected chi connectivity index (χ3v) is 6.63. The van der Waals surface area contributed by atoms with Crippen molar-refractivity contribution in [2.75, 3.05) is 0 Å². The SMILES string of the molecule is Ic1[nH]nc2ccc3nc(-c4ccc5c(c4)C=NC5)c4c(c3c12)CCCC4. The van der Waals surface area contributed by atoms with Gasteiger partial charge in [0.25, 0.3) is 0 Å². The summed E-state index contributed by atoms with van der Waals surface area (Å²) in [5.41, 5.74) is 9.91. The van der Waals surface area contributed by atoms with E-state index in [1.165, 1.54) is 51.4 Å². The lowest BCUT2D eigenvalue weighted by Crippen LogP contribution is -2.08. The number of nitrogens with zero attached hydrogens (tertiary/aromatic N) is 3. The quantitative estimate of drug-likeness (QED) is 0.394. The van der Waals surface area contributed by atoms with Crippen LogP contribution in [0, 0.1) is 3.70 Å². The van der Waals surface area contributed by atoms with Crippen LogP contribution < -0.4 is 0 Å². The fourth-order valence-corrected chi connectivity index (χ4v) is 5.24. The van der Waals surface area contributed by atoms with Crippen LogP contribution in [-0.4, -0.2) is 21.4 Å². The molecule has 4 aromatic rings. The van der Waals surface area contributed by atoms with E-state index < -0.39 is 0 Å². The van der Waals surface area contributed by atoms with E-state index in [2.05, 4.69) is 68.1 Å². The molecular formula is C22H17IN4. The molecule has 0 atom stereocenters. The van der Waals surface area contributed by atoms with Crippen LogP contribution in [0.3, 0.4) is 0 Å². The van der Waals surface area contributed by atoms with Gasteiger partial charge < -0.3 is 0 Å². The maximum Gasteiger partial charge on any atom is 0.104 e. The molecule has 2 aromatic carbocycles. The van der Waals surface area contributed by atoms with E-state index in [-0.39, 0.29) is 0 Å². The lowest BCUT2D eigenvalue weighted by atomic mass is 9.85. The van der Waals surface area contributed by atoms with Crippen LogP contribution in [0.4, 0.5) is 0 Å². The molecule has 3 heterocycles. The third kappa shape index (κ3) is 2.30. The van der Waals surface area contributed by atoms with Crippen molar-refractivity contribution < 1.29 is 0 Å². The first-order chi connectivity index (χ1) is 13.3. The molecule has 2 aromatic heterocycles. The zero-order valence-electron chi connectivity index (χ0n) is 14.7. The van der Waals surface area contributed by atoms with Crippen LogP contribution in [-0.2, 0) is 19.4 Å². The molecule has 0 unspecified atom stereocenters. The minimum Gasteiger partial charge on any atom is -0.288 e. The summed E-state index contributed by atoms with van der Waals surface area (Å²) in [5.74, 6) is 0. The van der Waals surface area contributed by atoms with Crippen LogP contribution in [0.1, 0.15) is 35.1 Å². The highest BCUT2D eigenvalue weighted by atomic mass is 127. The van der Waals surface area contributed by atoms with Gasteiger partial charge >= 0.3 is 0 Å². The number of hydrogen-bond acceptors (Lipinski definition) is 3. The Morgan fingerprint density at radius 3 is 2.70 bits per heavy atom. The molecular weight excluding hydrogens is 447 g/mol. The summed E-state index contributed by atoms with van der Waals surface area (Å²) in [7, 11) is 0. The second-order valence-corrected chi connectivity index (χ2v) is 8.48. The summed E-state index contributed by atoms with van der Waals surface area (Å²) in [5, 5.41) is 10.1. The molecule has 6 rings (SSSR count). The minimum absolute atomic E-state index is 0.801. The summed E-state index contributed by atoms with van der Waals surface area (Å²) in [6.45, 7) is 0.801. The Morgan fingerprint density at radius 1 is 0.926 bits per heavy atom. The highest BCUT2D eigenvalue weighted by molar-refractivity contribution is 14.1. The number of aromatic nitrogens is 3. The monoisotopic (exact) mass is 464 g/mol. The van der Waals surface area contributed by atoms with Gasteiger partial charge in [0, 0.05) is 22.6 Å². The summed E-state index contributed by atoms with van der Waals surface area (Å²) in [6.07, 6.45) is 6.69. The summed E-state index contributed by atoms with van der Waals surface area (Å²) < 4.78 is 1.10. The smallest absolute Gasteiger partial charge is 0.104 e. The Labute approximate surface area is 170 Å². The van der Waals surface area contributed by atoms with Gasteiger partial charge in [-0.25, -0.2) is 4.98 Å². The zero-order valence-corrected chi connectivity index (χ0v) is 16.9. The van der Waals surface area contributed by atoms with Crippen molar-refractivity contribution in [2.24, 2.45) is 4.99 Å². The highest BCUT2D eigenvalue weighted by Gasteiger charge is 2.22. The predicted octanol–water partition coefficient (Wildman–Crippen LogP) is 5.19. The number of H-pyrrole nitrogens is 1. The number of aryl methyl sites for hydroxylation is 1.